The van der Waals surface area contributed by atoms with Crippen LogP contribution in [0.5, 0.6) is 5.75 Å². The Morgan fingerprint density at radius 1 is 1.03 bits per heavy atom. The van der Waals surface area contributed by atoms with Gasteiger partial charge in [-0.1, -0.05) is 30.3 Å². The maximum Gasteiger partial charge on any atom is 0.264 e. The van der Waals surface area contributed by atoms with E-state index in [0.717, 1.165) is 34.6 Å². The summed E-state index contributed by atoms with van der Waals surface area (Å²) in [5.74, 6) is 2.14. The summed E-state index contributed by atoms with van der Waals surface area (Å²) in [4.78, 5) is 4.60. The highest BCUT2D eigenvalue weighted by Crippen LogP contribution is 2.25. The lowest BCUT2D eigenvalue weighted by Gasteiger charge is -2.17. The first kappa shape index (κ1) is 24.0. The summed E-state index contributed by atoms with van der Waals surface area (Å²) >= 11 is 0. The van der Waals surface area contributed by atoms with Crippen molar-refractivity contribution in [3.8, 4) is 17.2 Å². The quantitative estimate of drug-likeness (QED) is 0.362. The number of ether oxygens (including phenoxy) is 2. The molecular weight excluding hydrogens is 430 g/mol. The number of rotatable bonds is 12. The largest absolute Gasteiger partial charge is 0.493 e. The second-order valence-corrected chi connectivity index (χ2v) is 8.96. The summed E-state index contributed by atoms with van der Waals surface area (Å²) in [5, 5.41) is 0. The highest BCUT2D eigenvalue weighted by molar-refractivity contribution is 7.85. The van der Waals surface area contributed by atoms with E-state index in [4.69, 9.17) is 18.1 Å². The Kier molecular flexibility index (Phi) is 8.44. The zero-order valence-electron chi connectivity index (χ0n) is 18.6. The summed E-state index contributed by atoms with van der Waals surface area (Å²) in [5.41, 5.74) is 2.77. The van der Waals surface area contributed by atoms with Gasteiger partial charge >= 0.3 is 0 Å². The van der Waals surface area contributed by atoms with Crippen LogP contribution in [0.15, 0.2) is 59.0 Å². The van der Waals surface area contributed by atoms with Crippen molar-refractivity contribution in [2.45, 2.75) is 32.8 Å². The Morgan fingerprint density at radius 3 is 2.41 bits per heavy atom. The Hall–Kier alpha value is -2.68. The molecule has 1 heterocycles. The average molecular weight is 460 g/mol. The molecule has 0 aliphatic carbocycles. The third kappa shape index (κ3) is 7.19. The number of hydrogen-bond acceptors (Lipinski definition) is 7. The molecule has 0 N–H and O–H groups in total. The minimum Gasteiger partial charge on any atom is -0.493 e. The molecule has 8 heteroatoms. The van der Waals surface area contributed by atoms with Crippen molar-refractivity contribution in [3.63, 3.8) is 0 Å². The molecule has 1 aromatic heterocycles. The van der Waals surface area contributed by atoms with E-state index in [0.29, 0.717) is 31.9 Å². The number of aryl methyl sites for hydroxylation is 1. The van der Waals surface area contributed by atoms with E-state index in [1.165, 1.54) is 0 Å². The molecule has 172 valence electrons. The zero-order chi connectivity index (χ0) is 23.0. The molecule has 0 spiro atoms. The van der Waals surface area contributed by atoms with Gasteiger partial charge in [0.1, 0.15) is 11.5 Å². The fourth-order valence-corrected chi connectivity index (χ4v) is 3.66. The number of nitrogens with zero attached hydrogens (tertiary/aromatic N) is 1. The van der Waals surface area contributed by atoms with Crippen LogP contribution >= 0.6 is 0 Å². The molecule has 0 bridgehead atoms. The van der Waals surface area contributed by atoms with Gasteiger partial charge in [-0.25, -0.2) is 4.98 Å². The Labute approximate surface area is 189 Å². The van der Waals surface area contributed by atoms with Gasteiger partial charge in [-0.05, 0) is 43.7 Å². The van der Waals surface area contributed by atoms with Crippen molar-refractivity contribution >= 4 is 10.1 Å². The van der Waals surface area contributed by atoms with E-state index in [9.17, 15) is 8.42 Å². The van der Waals surface area contributed by atoms with Gasteiger partial charge in [0, 0.05) is 25.0 Å². The number of oxazole rings is 1. The van der Waals surface area contributed by atoms with E-state index in [2.05, 4.69) is 4.98 Å². The van der Waals surface area contributed by atoms with Crippen molar-refractivity contribution in [2.24, 2.45) is 0 Å². The van der Waals surface area contributed by atoms with E-state index in [1.807, 2.05) is 68.4 Å². The monoisotopic (exact) mass is 459 g/mol. The van der Waals surface area contributed by atoms with Crippen molar-refractivity contribution in [2.75, 3.05) is 26.1 Å². The molecular formula is C24H29NO6S. The minimum absolute atomic E-state index is 0.0732. The van der Waals surface area contributed by atoms with Gasteiger partial charge in [0.25, 0.3) is 10.1 Å². The molecule has 3 rings (SSSR count). The minimum atomic E-state index is -3.46. The highest BCUT2D eigenvalue weighted by atomic mass is 32.2. The smallest absolute Gasteiger partial charge is 0.264 e. The molecule has 0 aliphatic rings. The third-order valence-electron chi connectivity index (χ3n) is 4.82. The molecule has 0 saturated carbocycles. The second kappa shape index (κ2) is 11.3. The SMILES string of the molecule is CCOC(CCOS(C)(=O)=O)c1ccc(OCCc2nc(-c3ccccc3)oc2C)cc1. The molecule has 32 heavy (non-hydrogen) atoms. The molecule has 7 nitrogen and oxygen atoms in total. The van der Waals surface area contributed by atoms with Crippen LogP contribution in [-0.4, -0.2) is 39.5 Å². The number of hydrogen-bond donors (Lipinski definition) is 0. The molecule has 0 aliphatic heterocycles. The van der Waals surface area contributed by atoms with E-state index < -0.39 is 10.1 Å². The van der Waals surface area contributed by atoms with Crippen molar-refractivity contribution in [3.05, 3.63) is 71.6 Å². The highest BCUT2D eigenvalue weighted by Gasteiger charge is 2.14. The molecule has 0 amide bonds. The van der Waals surface area contributed by atoms with Gasteiger partial charge in [-0.15, -0.1) is 0 Å². The standard InChI is InChI=1S/C24H29NO6S/c1-4-28-23(15-17-30-32(3,26)27)19-10-12-21(13-11-19)29-16-14-22-18(2)31-24(25-22)20-8-6-5-7-9-20/h5-13,23H,4,14-17H2,1-3H3. The summed E-state index contributed by atoms with van der Waals surface area (Å²) < 4.78 is 44.6. The van der Waals surface area contributed by atoms with Gasteiger partial charge in [0.2, 0.25) is 5.89 Å². The lowest BCUT2D eigenvalue weighted by Crippen LogP contribution is -2.11. The van der Waals surface area contributed by atoms with Crippen molar-refractivity contribution in [1.82, 2.24) is 4.98 Å². The fraction of sp³-hybridized carbons (Fsp3) is 0.375. The van der Waals surface area contributed by atoms with Gasteiger partial charge in [0.15, 0.2) is 0 Å². The van der Waals surface area contributed by atoms with E-state index in [1.54, 1.807) is 0 Å². The first-order valence-electron chi connectivity index (χ1n) is 10.6. The summed E-state index contributed by atoms with van der Waals surface area (Å²) in [6.07, 6.45) is 1.87. The first-order valence-corrected chi connectivity index (χ1v) is 12.4. The second-order valence-electron chi connectivity index (χ2n) is 7.31. The number of benzene rings is 2. The predicted molar refractivity (Wildman–Crippen MR) is 122 cm³/mol. The van der Waals surface area contributed by atoms with Gasteiger partial charge in [-0.2, -0.15) is 8.42 Å². The van der Waals surface area contributed by atoms with E-state index >= 15 is 0 Å². The maximum atomic E-state index is 11.2. The molecule has 0 fully saturated rings. The van der Waals surface area contributed by atoms with Crippen LogP contribution < -0.4 is 4.74 Å². The van der Waals surface area contributed by atoms with Crippen LogP contribution in [0.2, 0.25) is 0 Å². The van der Waals surface area contributed by atoms with Crippen LogP contribution in [0.25, 0.3) is 11.5 Å². The maximum absolute atomic E-state index is 11.2. The van der Waals surface area contributed by atoms with Gasteiger partial charge in [-0.3, -0.25) is 4.18 Å². The van der Waals surface area contributed by atoms with Crippen LogP contribution in [-0.2, 0) is 25.5 Å². The van der Waals surface area contributed by atoms with Crippen molar-refractivity contribution in [1.29, 1.82) is 0 Å². The molecule has 1 unspecified atom stereocenters. The Bertz CT molecular complexity index is 1080. The third-order valence-corrected chi connectivity index (χ3v) is 5.41. The van der Waals surface area contributed by atoms with Crippen LogP contribution in [0.3, 0.4) is 0 Å². The Balaban J connectivity index is 1.53. The van der Waals surface area contributed by atoms with Gasteiger partial charge in [0.05, 0.1) is 31.3 Å². The average Bonchev–Trinajstić information content (AvgIpc) is 3.14. The van der Waals surface area contributed by atoms with E-state index in [-0.39, 0.29) is 12.7 Å². The lowest BCUT2D eigenvalue weighted by atomic mass is 10.1. The lowest BCUT2D eigenvalue weighted by molar-refractivity contribution is 0.0466. The normalized spacial score (nSPS) is 12.6. The molecule has 1 atom stereocenters. The summed E-state index contributed by atoms with van der Waals surface area (Å²) in [7, 11) is -3.46. The molecule has 0 saturated heterocycles. The van der Waals surface area contributed by atoms with Gasteiger partial charge < -0.3 is 13.9 Å². The van der Waals surface area contributed by atoms with Crippen molar-refractivity contribution < 1.29 is 26.5 Å². The Morgan fingerprint density at radius 2 is 1.75 bits per heavy atom. The van der Waals surface area contributed by atoms with Crippen LogP contribution in [0, 0.1) is 6.92 Å². The number of aromatic nitrogens is 1. The zero-order valence-corrected chi connectivity index (χ0v) is 19.4. The van der Waals surface area contributed by atoms with Crippen LogP contribution in [0.1, 0.15) is 36.5 Å². The molecule has 2 aromatic carbocycles. The van der Waals surface area contributed by atoms with Crippen LogP contribution in [0.4, 0.5) is 0 Å². The fourth-order valence-electron chi connectivity index (χ4n) is 3.26. The molecule has 0 radical (unpaired) electrons. The molecule has 3 aromatic rings. The topological polar surface area (TPSA) is 87.9 Å². The summed E-state index contributed by atoms with van der Waals surface area (Å²) in [6.45, 7) is 4.87. The predicted octanol–water partition coefficient (Wildman–Crippen LogP) is 4.72. The summed E-state index contributed by atoms with van der Waals surface area (Å²) in [6, 6.07) is 17.4. The first-order chi connectivity index (χ1) is 15.4.